The molecule has 21 heavy (non-hydrogen) atoms. The van der Waals surface area contributed by atoms with Gasteiger partial charge >= 0.3 is 6.03 Å². The first-order chi connectivity index (χ1) is 9.97. The summed E-state index contributed by atoms with van der Waals surface area (Å²) in [5, 5.41) is 2.90. The van der Waals surface area contributed by atoms with Crippen molar-refractivity contribution in [3.63, 3.8) is 0 Å². The molecule has 0 radical (unpaired) electrons. The van der Waals surface area contributed by atoms with Gasteiger partial charge in [0.25, 0.3) is 0 Å². The Morgan fingerprint density at radius 3 is 2.48 bits per heavy atom. The van der Waals surface area contributed by atoms with Crippen LogP contribution in [0.15, 0.2) is 24.3 Å². The summed E-state index contributed by atoms with van der Waals surface area (Å²) in [5.41, 5.74) is 7.21. The van der Waals surface area contributed by atoms with Gasteiger partial charge in [-0.15, -0.1) is 0 Å². The summed E-state index contributed by atoms with van der Waals surface area (Å²) in [6.45, 7) is 6.28. The third kappa shape index (κ3) is 3.95. The van der Waals surface area contributed by atoms with Crippen molar-refractivity contribution < 1.29 is 9.59 Å². The quantitative estimate of drug-likeness (QED) is 0.872. The Bertz CT molecular complexity index is 524. The highest BCUT2D eigenvalue weighted by Gasteiger charge is 2.26. The molecule has 0 saturated carbocycles. The minimum absolute atomic E-state index is 0.105. The van der Waals surface area contributed by atoms with Crippen LogP contribution in [-0.4, -0.2) is 54.0 Å². The maximum atomic E-state index is 12.2. The molecule has 6 heteroatoms. The monoisotopic (exact) mass is 290 g/mol. The minimum atomic E-state index is -0.326. The lowest BCUT2D eigenvalue weighted by Crippen LogP contribution is -2.55. The predicted octanol–water partition coefficient (Wildman–Crippen LogP) is 1.02. The first-order valence-corrected chi connectivity index (χ1v) is 7.13. The Morgan fingerprint density at radius 2 is 1.90 bits per heavy atom. The largest absolute Gasteiger partial charge is 0.368 e. The summed E-state index contributed by atoms with van der Waals surface area (Å²) >= 11 is 0. The van der Waals surface area contributed by atoms with Crippen molar-refractivity contribution in [2.45, 2.75) is 19.9 Å². The maximum absolute atomic E-state index is 12.2. The number of primary amides is 1. The van der Waals surface area contributed by atoms with E-state index in [1.54, 1.807) is 11.8 Å². The molecule has 1 aliphatic rings. The molecule has 114 valence electrons. The number of rotatable bonds is 3. The minimum Gasteiger partial charge on any atom is -0.368 e. The highest BCUT2D eigenvalue weighted by molar-refractivity contribution is 5.89. The van der Waals surface area contributed by atoms with Crippen molar-refractivity contribution in [3.05, 3.63) is 29.8 Å². The molecule has 1 unspecified atom stereocenters. The van der Waals surface area contributed by atoms with Gasteiger partial charge in [0.1, 0.15) is 0 Å². The van der Waals surface area contributed by atoms with Gasteiger partial charge in [0, 0.05) is 31.9 Å². The molecule has 2 rings (SSSR count). The number of carbonyl (C=O) groups is 2. The molecular weight excluding hydrogens is 268 g/mol. The van der Waals surface area contributed by atoms with Gasteiger partial charge in [-0.05, 0) is 31.5 Å². The normalized spacial score (nSPS) is 17.3. The Kier molecular flexibility index (Phi) is 4.80. The van der Waals surface area contributed by atoms with Gasteiger partial charge in [-0.2, -0.15) is 0 Å². The van der Waals surface area contributed by atoms with Crippen LogP contribution in [-0.2, 0) is 4.79 Å². The standard InChI is InChI=1S/C15H22N4O2/c1-11-4-3-5-13(10-11)17-15(21)19-8-6-18(7-9-19)12(2)14(16)20/h3-5,10,12H,6-9H2,1-2H3,(H2,16,20)(H,17,21). The van der Waals surface area contributed by atoms with E-state index in [0.29, 0.717) is 26.2 Å². The molecular formula is C15H22N4O2. The molecule has 3 N–H and O–H groups in total. The third-order valence-electron chi connectivity index (χ3n) is 3.83. The van der Waals surface area contributed by atoms with Crippen molar-refractivity contribution in [2.75, 3.05) is 31.5 Å². The molecule has 1 aromatic carbocycles. The van der Waals surface area contributed by atoms with Crippen LogP contribution < -0.4 is 11.1 Å². The maximum Gasteiger partial charge on any atom is 0.321 e. The third-order valence-corrected chi connectivity index (χ3v) is 3.83. The summed E-state index contributed by atoms with van der Waals surface area (Å²) in [4.78, 5) is 27.1. The van der Waals surface area contributed by atoms with E-state index < -0.39 is 0 Å². The molecule has 1 aromatic rings. The summed E-state index contributed by atoms with van der Waals surface area (Å²) in [6, 6.07) is 7.32. The van der Waals surface area contributed by atoms with Crippen molar-refractivity contribution >= 4 is 17.6 Å². The molecule has 0 spiro atoms. The number of urea groups is 1. The molecule has 1 saturated heterocycles. The van der Waals surface area contributed by atoms with Crippen LogP contribution in [0.1, 0.15) is 12.5 Å². The van der Waals surface area contributed by atoms with Crippen LogP contribution in [0.2, 0.25) is 0 Å². The Labute approximate surface area is 124 Å². The lowest BCUT2D eigenvalue weighted by molar-refractivity contribution is -0.123. The van der Waals surface area contributed by atoms with E-state index >= 15 is 0 Å². The van der Waals surface area contributed by atoms with Crippen LogP contribution in [0.25, 0.3) is 0 Å². The van der Waals surface area contributed by atoms with Gasteiger partial charge in [0.05, 0.1) is 6.04 Å². The SMILES string of the molecule is Cc1cccc(NC(=O)N2CCN(C(C)C(N)=O)CC2)c1. The van der Waals surface area contributed by atoms with E-state index in [0.717, 1.165) is 11.3 Å². The Balaban J connectivity index is 1.87. The first kappa shape index (κ1) is 15.3. The number of anilines is 1. The molecule has 0 aliphatic carbocycles. The molecule has 6 nitrogen and oxygen atoms in total. The highest BCUT2D eigenvalue weighted by Crippen LogP contribution is 2.12. The Hall–Kier alpha value is -2.08. The summed E-state index contributed by atoms with van der Waals surface area (Å²) in [6.07, 6.45) is 0. The van der Waals surface area contributed by atoms with E-state index in [4.69, 9.17) is 5.73 Å². The number of aryl methyl sites for hydroxylation is 1. The number of amides is 3. The van der Waals surface area contributed by atoms with E-state index in [9.17, 15) is 9.59 Å². The first-order valence-electron chi connectivity index (χ1n) is 7.13. The highest BCUT2D eigenvalue weighted by atomic mass is 16.2. The van der Waals surface area contributed by atoms with Gasteiger partial charge in [-0.25, -0.2) is 4.79 Å². The molecule has 1 aliphatic heterocycles. The second kappa shape index (κ2) is 6.58. The zero-order chi connectivity index (χ0) is 15.4. The number of nitrogens with zero attached hydrogens (tertiary/aromatic N) is 2. The van der Waals surface area contributed by atoms with Crippen LogP contribution in [0.4, 0.5) is 10.5 Å². The number of carbonyl (C=O) groups excluding carboxylic acids is 2. The smallest absolute Gasteiger partial charge is 0.321 e. The van der Waals surface area contributed by atoms with E-state index in [1.807, 2.05) is 36.1 Å². The lowest BCUT2D eigenvalue weighted by Gasteiger charge is -2.36. The van der Waals surface area contributed by atoms with Gasteiger partial charge in [0.15, 0.2) is 0 Å². The zero-order valence-electron chi connectivity index (χ0n) is 12.5. The summed E-state index contributed by atoms with van der Waals surface area (Å²) in [7, 11) is 0. The van der Waals surface area contributed by atoms with Crippen molar-refractivity contribution in [2.24, 2.45) is 5.73 Å². The summed E-state index contributed by atoms with van der Waals surface area (Å²) < 4.78 is 0. The van der Waals surface area contributed by atoms with E-state index in [1.165, 1.54) is 0 Å². The second-order valence-corrected chi connectivity index (χ2v) is 5.40. The second-order valence-electron chi connectivity index (χ2n) is 5.40. The fourth-order valence-corrected chi connectivity index (χ4v) is 2.42. The van der Waals surface area contributed by atoms with E-state index in [-0.39, 0.29) is 18.0 Å². The van der Waals surface area contributed by atoms with Crippen LogP contribution in [0.5, 0.6) is 0 Å². The molecule has 0 aromatic heterocycles. The Morgan fingerprint density at radius 1 is 1.24 bits per heavy atom. The van der Waals surface area contributed by atoms with Crippen LogP contribution in [0, 0.1) is 6.92 Å². The van der Waals surface area contributed by atoms with Crippen molar-refractivity contribution in [1.82, 2.24) is 9.80 Å². The zero-order valence-corrected chi connectivity index (χ0v) is 12.5. The van der Waals surface area contributed by atoms with Crippen molar-refractivity contribution in [3.8, 4) is 0 Å². The van der Waals surface area contributed by atoms with Gasteiger partial charge in [-0.1, -0.05) is 12.1 Å². The number of benzene rings is 1. The van der Waals surface area contributed by atoms with E-state index in [2.05, 4.69) is 5.32 Å². The molecule has 0 bridgehead atoms. The average molecular weight is 290 g/mol. The number of nitrogens with two attached hydrogens (primary N) is 1. The molecule has 1 atom stereocenters. The summed E-state index contributed by atoms with van der Waals surface area (Å²) in [5.74, 6) is -0.326. The lowest BCUT2D eigenvalue weighted by atomic mass is 10.2. The topological polar surface area (TPSA) is 78.7 Å². The molecule has 3 amide bonds. The predicted molar refractivity (Wildman–Crippen MR) is 82.0 cm³/mol. The molecule has 1 heterocycles. The fraction of sp³-hybridized carbons (Fsp3) is 0.467. The molecule has 1 fully saturated rings. The number of nitrogens with one attached hydrogen (secondary N) is 1. The average Bonchev–Trinajstić information content (AvgIpc) is 2.46. The van der Waals surface area contributed by atoms with Gasteiger partial charge < -0.3 is 16.0 Å². The van der Waals surface area contributed by atoms with Crippen LogP contribution >= 0.6 is 0 Å². The number of piperazine rings is 1. The number of hydrogen-bond acceptors (Lipinski definition) is 3. The number of hydrogen-bond donors (Lipinski definition) is 2. The van der Waals surface area contributed by atoms with Crippen LogP contribution in [0.3, 0.4) is 0 Å². The van der Waals surface area contributed by atoms with Gasteiger partial charge in [0.2, 0.25) is 5.91 Å². The van der Waals surface area contributed by atoms with Crippen molar-refractivity contribution in [1.29, 1.82) is 0 Å². The fourth-order valence-electron chi connectivity index (χ4n) is 2.42. The van der Waals surface area contributed by atoms with Gasteiger partial charge in [-0.3, -0.25) is 9.69 Å².